The monoisotopic (exact) mass is 205 g/mol. The first-order valence-corrected chi connectivity index (χ1v) is 8.36. The van der Waals surface area contributed by atoms with Gasteiger partial charge in [0.05, 0.1) is 8.07 Å². The van der Waals surface area contributed by atoms with Gasteiger partial charge in [0, 0.05) is 0 Å². The molecular formula is C12H19NSi. The Bertz CT molecular complexity index is 298. The van der Waals surface area contributed by atoms with Crippen LogP contribution in [0.25, 0.3) is 0 Å². The Morgan fingerprint density at radius 2 is 1.93 bits per heavy atom. The normalized spacial score (nSPS) is 29.0. The topological polar surface area (TPSA) is 3.24 Å². The van der Waals surface area contributed by atoms with Gasteiger partial charge in [0.25, 0.3) is 0 Å². The maximum Gasteiger partial charge on any atom is 0.0978 e. The zero-order valence-electron chi connectivity index (χ0n) is 9.16. The van der Waals surface area contributed by atoms with Crippen molar-refractivity contribution in [3.05, 3.63) is 30.3 Å². The summed E-state index contributed by atoms with van der Waals surface area (Å²) in [5, 5.41) is 1.63. The van der Waals surface area contributed by atoms with Crippen molar-refractivity contribution in [2.45, 2.75) is 19.0 Å². The molecule has 1 aliphatic heterocycles. The van der Waals surface area contributed by atoms with E-state index in [-0.39, 0.29) is 0 Å². The third kappa shape index (κ3) is 1.91. The highest BCUT2D eigenvalue weighted by molar-refractivity contribution is 6.91. The molecule has 1 saturated heterocycles. The van der Waals surface area contributed by atoms with Gasteiger partial charge in [-0.25, -0.2) is 0 Å². The summed E-state index contributed by atoms with van der Waals surface area (Å²) in [6.45, 7) is 3.81. The van der Waals surface area contributed by atoms with Crippen molar-refractivity contribution in [3.63, 3.8) is 0 Å². The van der Waals surface area contributed by atoms with Crippen LogP contribution in [-0.2, 0) is 0 Å². The largest absolute Gasteiger partial charge is 0.309 e. The third-order valence-electron chi connectivity index (χ3n) is 3.36. The maximum atomic E-state index is 2.53. The Labute approximate surface area is 87.8 Å². The van der Waals surface area contributed by atoms with Gasteiger partial charge in [0.1, 0.15) is 0 Å². The molecule has 0 N–H and O–H groups in total. The summed E-state index contributed by atoms with van der Waals surface area (Å²) in [6, 6.07) is 12.6. The minimum absolute atomic E-state index is 1.15. The van der Waals surface area contributed by atoms with Crippen molar-refractivity contribution in [2.24, 2.45) is 0 Å². The van der Waals surface area contributed by atoms with Gasteiger partial charge in [-0.05, 0) is 26.2 Å². The van der Waals surface area contributed by atoms with Gasteiger partial charge < -0.3 is 4.90 Å². The van der Waals surface area contributed by atoms with E-state index < -0.39 is 8.07 Å². The van der Waals surface area contributed by atoms with Gasteiger partial charge in [-0.1, -0.05) is 48.1 Å². The average Bonchev–Trinajstić information content (AvgIpc) is 2.19. The fourth-order valence-corrected chi connectivity index (χ4v) is 6.48. The van der Waals surface area contributed by atoms with Crippen LogP contribution >= 0.6 is 0 Å². The minimum atomic E-state index is -1.15. The quantitative estimate of drug-likeness (QED) is 0.633. The van der Waals surface area contributed by atoms with E-state index in [0.29, 0.717) is 0 Å². The molecule has 1 unspecified atom stereocenters. The van der Waals surface area contributed by atoms with Gasteiger partial charge in [-0.3, -0.25) is 0 Å². The lowest BCUT2D eigenvalue weighted by atomic mass is 10.4. The minimum Gasteiger partial charge on any atom is -0.309 e. The number of nitrogens with zero attached hydrogens (tertiary/aromatic N) is 1. The zero-order chi connectivity index (χ0) is 10.0. The lowest BCUT2D eigenvalue weighted by Crippen LogP contribution is -2.56. The molecule has 0 saturated carbocycles. The molecule has 1 nitrogen and oxygen atoms in total. The van der Waals surface area contributed by atoms with Gasteiger partial charge >= 0.3 is 0 Å². The SMILES string of the molecule is CN1CCC[Si](C)(c2ccccc2)C1. The molecule has 76 valence electrons. The highest BCUT2D eigenvalue weighted by atomic mass is 28.3. The van der Waals surface area contributed by atoms with Gasteiger partial charge in [0.2, 0.25) is 0 Å². The van der Waals surface area contributed by atoms with Gasteiger partial charge in [-0.15, -0.1) is 0 Å². The summed E-state index contributed by atoms with van der Waals surface area (Å²) >= 11 is 0. The van der Waals surface area contributed by atoms with E-state index in [2.05, 4.69) is 48.8 Å². The summed E-state index contributed by atoms with van der Waals surface area (Å²) in [5.41, 5.74) is 0. The molecule has 0 amide bonds. The number of benzene rings is 1. The van der Waals surface area contributed by atoms with Crippen LogP contribution < -0.4 is 5.19 Å². The molecule has 2 rings (SSSR count). The first kappa shape index (κ1) is 9.93. The Balaban J connectivity index is 2.23. The summed E-state index contributed by atoms with van der Waals surface area (Å²) < 4.78 is 0. The zero-order valence-corrected chi connectivity index (χ0v) is 10.2. The van der Waals surface area contributed by atoms with E-state index in [1.807, 2.05) is 0 Å². The van der Waals surface area contributed by atoms with Crippen LogP contribution in [0, 0.1) is 0 Å². The van der Waals surface area contributed by atoms with Crippen LogP contribution in [0.1, 0.15) is 6.42 Å². The highest BCUT2D eigenvalue weighted by Gasteiger charge is 2.33. The Hall–Kier alpha value is -0.603. The molecule has 1 atom stereocenters. The number of hydrogen-bond donors (Lipinski definition) is 0. The predicted octanol–water partition coefficient (Wildman–Crippen LogP) is 1.85. The van der Waals surface area contributed by atoms with Crippen LogP contribution in [-0.4, -0.2) is 32.7 Å². The molecule has 0 spiro atoms. The van der Waals surface area contributed by atoms with Crippen molar-refractivity contribution in [3.8, 4) is 0 Å². The van der Waals surface area contributed by atoms with E-state index in [1.165, 1.54) is 25.2 Å². The molecule has 0 bridgehead atoms. The fraction of sp³-hybridized carbons (Fsp3) is 0.500. The summed E-state index contributed by atoms with van der Waals surface area (Å²) in [5.74, 6) is 0. The second-order valence-corrected chi connectivity index (χ2v) is 9.28. The Kier molecular flexibility index (Phi) is 2.75. The molecule has 1 fully saturated rings. The third-order valence-corrected chi connectivity index (χ3v) is 7.78. The lowest BCUT2D eigenvalue weighted by Gasteiger charge is -2.37. The second-order valence-electron chi connectivity index (χ2n) is 4.77. The predicted molar refractivity (Wildman–Crippen MR) is 64.6 cm³/mol. The molecule has 1 aromatic carbocycles. The van der Waals surface area contributed by atoms with Crippen molar-refractivity contribution < 1.29 is 0 Å². The van der Waals surface area contributed by atoms with Gasteiger partial charge in [0.15, 0.2) is 0 Å². The van der Waals surface area contributed by atoms with Crippen LogP contribution in [0.3, 0.4) is 0 Å². The molecule has 0 radical (unpaired) electrons. The van der Waals surface area contributed by atoms with E-state index in [0.717, 1.165) is 0 Å². The average molecular weight is 205 g/mol. The summed E-state index contributed by atoms with van der Waals surface area (Å²) in [6.07, 6.45) is 2.71. The molecule has 1 aromatic rings. The summed E-state index contributed by atoms with van der Waals surface area (Å²) in [7, 11) is 1.11. The molecule has 2 heteroatoms. The first-order valence-electron chi connectivity index (χ1n) is 5.45. The smallest absolute Gasteiger partial charge is 0.0978 e. The summed E-state index contributed by atoms with van der Waals surface area (Å²) in [4.78, 5) is 2.50. The highest BCUT2D eigenvalue weighted by Crippen LogP contribution is 2.19. The van der Waals surface area contributed by atoms with Crippen molar-refractivity contribution >= 4 is 13.3 Å². The van der Waals surface area contributed by atoms with E-state index in [1.54, 1.807) is 5.19 Å². The van der Waals surface area contributed by atoms with Crippen LogP contribution in [0.5, 0.6) is 0 Å². The van der Waals surface area contributed by atoms with Crippen molar-refractivity contribution in [1.82, 2.24) is 4.90 Å². The molecule has 14 heavy (non-hydrogen) atoms. The van der Waals surface area contributed by atoms with E-state index in [4.69, 9.17) is 0 Å². The van der Waals surface area contributed by atoms with Crippen molar-refractivity contribution in [1.29, 1.82) is 0 Å². The standard InChI is InChI=1S/C12H19NSi/c1-13-9-6-10-14(2,11-13)12-7-4-3-5-8-12/h3-5,7-8H,6,9-11H2,1-2H3. The molecule has 0 aromatic heterocycles. The van der Waals surface area contributed by atoms with Crippen LogP contribution in [0.15, 0.2) is 30.3 Å². The molecular weight excluding hydrogens is 186 g/mol. The lowest BCUT2D eigenvalue weighted by molar-refractivity contribution is 0.364. The van der Waals surface area contributed by atoms with Crippen molar-refractivity contribution in [2.75, 3.05) is 19.8 Å². The maximum absolute atomic E-state index is 2.53. The number of rotatable bonds is 1. The Morgan fingerprint density at radius 3 is 2.57 bits per heavy atom. The number of hydrogen-bond acceptors (Lipinski definition) is 1. The molecule has 1 heterocycles. The van der Waals surface area contributed by atoms with Crippen LogP contribution in [0.4, 0.5) is 0 Å². The second kappa shape index (κ2) is 3.87. The fourth-order valence-electron chi connectivity index (χ4n) is 2.57. The van der Waals surface area contributed by atoms with Gasteiger partial charge in [-0.2, -0.15) is 0 Å². The molecule has 0 aliphatic carbocycles. The Morgan fingerprint density at radius 1 is 1.21 bits per heavy atom. The van der Waals surface area contributed by atoms with E-state index >= 15 is 0 Å². The molecule has 1 aliphatic rings. The van der Waals surface area contributed by atoms with Crippen LogP contribution in [0.2, 0.25) is 12.6 Å². The first-order chi connectivity index (χ1) is 6.71. The van der Waals surface area contributed by atoms with E-state index in [9.17, 15) is 0 Å².